The summed E-state index contributed by atoms with van der Waals surface area (Å²) in [6.07, 6.45) is 1.61. The zero-order valence-electron chi connectivity index (χ0n) is 11.2. The van der Waals surface area contributed by atoms with Crippen LogP contribution in [0.5, 0.6) is 0 Å². The zero-order valence-corrected chi connectivity index (χ0v) is 12.8. The van der Waals surface area contributed by atoms with Crippen LogP contribution in [0.2, 0.25) is 0 Å². The first-order valence-electron chi connectivity index (χ1n) is 6.85. The van der Waals surface area contributed by atoms with Crippen LogP contribution in [0, 0.1) is 0 Å². The molecule has 0 aromatic carbocycles. The first-order valence-corrected chi connectivity index (χ1v) is 9.23. The molecule has 5 nitrogen and oxygen atoms in total. The number of rotatable bonds is 5. The molecule has 0 radical (unpaired) electrons. The van der Waals surface area contributed by atoms with E-state index in [2.05, 4.69) is 0 Å². The monoisotopic (exact) mass is 314 g/mol. The van der Waals surface area contributed by atoms with E-state index in [0.717, 1.165) is 17.7 Å². The highest BCUT2D eigenvalue weighted by atomic mass is 32.2. The minimum Gasteiger partial charge on any atom is -0.293 e. The van der Waals surface area contributed by atoms with E-state index in [1.807, 2.05) is 22.4 Å². The van der Waals surface area contributed by atoms with Crippen molar-refractivity contribution in [3.05, 3.63) is 22.4 Å². The summed E-state index contributed by atoms with van der Waals surface area (Å²) in [6.45, 7) is 2.69. The van der Waals surface area contributed by atoms with Gasteiger partial charge in [-0.05, 0) is 24.3 Å². The molecule has 1 saturated heterocycles. The van der Waals surface area contributed by atoms with Gasteiger partial charge < -0.3 is 0 Å². The Bertz CT molecular complexity index is 571. The summed E-state index contributed by atoms with van der Waals surface area (Å²) < 4.78 is 25.8. The van der Waals surface area contributed by atoms with E-state index in [4.69, 9.17) is 0 Å². The molecule has 110 valence electrons. The Labute approximate surface area is 123 Å². The molecule has 1 aromatic rings. The molecule has 0 atom stereocenters. The lowest BCUT2D eigenvalue weighted by Gasteiger charge is -2.33. The summed E-state index contributed by atoms with van der Waals surface area (Å²) in [5, 5.41) is 1.76. The molecule has 2 heterocycles. The smallest absolute Gasteiger partial charge is 0.217 e. The first kappa shape index (κ1) is 14.2. The van der Waals surface area contributed by atoms with Crippen LogP contribution in [0.25, 0.3) is 0 Å². The third kappa shape index (κ3) is 2.95. The van der Waals surface area contributed by atoms with Crippen molar-refractivity contribution in [2.75, 3.05) is 32.7 Å². The normalized spacial score (nSPS) is 22.0. The largest absolute Gasteiger partial charge is 0.293 e. The molecule has 0 unspecified atom stereocenters. The standard InChI is InChI=1S/C13H18N2O3S2/c16-12(13-2-1-9-19-13)10-14-5-7-15(8-6-14)20(17,18)11-3-4-11/h1-2,9,11H,3-8,10H2. The molecule has 20 heavy (non-hydrogen) atoms. The van der Waals surface area contributed by atoms with Crippen LogP contribution in [0.4, 0.5) is 0 Å². The van der Waals surface area contributed by atoms with Gasteiger partial charge in [0.1, 0.15) is 0 Å². The van der Waals surface area contributed by atoms with Crippen molar-refractivity contribution in [2.24, 2.45) is 0 Å². The van der Waals surface area contributed by atoms with E-state index < -0.39 is 10.0 Å². The van der Waals surface area contributed by atoms with Crippen LogP contribution in [0.15, 0.2) is 17.5 Å². The van der Waals surface area contributed by atoms with Crippen molar-refractivity contribution in [3.8, 4) is 0 Å². The third-order valence-corrected chi connectivity index (χ3v) is 7.11. The maximum atomic E-state index is 12.1. The second kappa shape index (κ2) is 5.55. The Morgan fingerprint density at radius 2 is 1.95 bits per heavy atom. The molecule has 0 spiro atoms. The number of ketones is 1. The van der Waals surface area contributed by atoms with Gasteiger partial charge in [0.2, 0.25) is 10.0 Å². The van der Waals surface area contributed by atoms with E-state index in [1.165, 1.54) is 11.3 Å². The van der Waals surface area contributed by atoms with Crippen molar-refractivity contribution < 1.29 is 13.2 Å². The number of hydrogen-bond acceptors (Lipinski definition) is 5. The maximum Gasteiger partial charge on any atom is 0.217 e. The molecular formula is C13H18N2O3S2. The van der Waals surface area contributed by atoms with Gasteiger partial charge in [-0.25, -0.2) is 8.42 Å². The Morgan fingerprint density at radius 3 is 2.50 bits per heavy atom. The minimum absolute atomic E-state index is 0.124. The minimum atomic E-state index is -3.06. The van der Waals surface area contributed by atoms with Gasteiger partial charge in [0.25, 0.3) is 0 Å². The van der Waals surface area contributed by atoms with Gasteiger partial charge in [0.05, 0.1) is 16.7 Å². The second-order valence-electron chi connectivity index (χ2n) is 5.32. The van der Waals surface area contributed by atoms with Crippen LogP contribution >= 0.6 is 11.3 Å². The Balaban J connectivity index is 1.52. The highest BCUT2D eigenvalue weighted by molar-refractivity contribution is 7.90. The zero-order chi connectivity index (χ0) is 14.2. The van der Waals surface area contributed by atoms with E-state index in [9.17, 15) is 13.2 Å². The van der Waals surface area contributed by atoms with Crippen LogP contribution in [0.3, 0.4) is 0 Å². The van der Waals surface area contributed by atoms with Crippen molar-refractivity contribution >= 4 is 27.1 Å². The lowest BCUT2D eigenvalue weighted by molar-refractivity contribution is 0.0905. The fraction of sp³-hybridized carbons (Fsp3) is 0.615. The predicted molar refractivity (Wildman–Crippen MR) is 78.6 cm³/mol. The number of thiophene rings is 1. The summed E-state index contributed by atoms with van der Waals surface area (Å²) in [6, 6.07) is 3.71. The number of carbonyl (C=O) groups excluding carboxylic acids is 1. The predicted octanol–water partition coefficient (Wildman–Crippen LogP) is 1.04. The molecule has 3 rings (SSSR count). The molecule has 2 aliphatic rings. The fourth-order valence-electron chi connectivity index (χ4n) is 2.44. The summed E-state index contributed by atoms with van der Waals surface area (Å²) in [4.78, 5) is 14.8. The molecule has 0 bridgehead atoms. The van der Waals surface area contributed by atoms with Gasteiger partial charge >= 0.3 is 0 Å². The van der Waals surface area contributed by atoms with Crippen molar-refractivity contribution in [3.63, 3.8) is 0 Å². The molecule has 2 fully saturated rings. The number of Topliss-reactive ketones (excluding diaryl/α,β-unsaturated/α-hetero) is 1. The van der Waals surface area contributed by atoms with E-state index in [0.29, 0.717) is 32.7 Å². The molecule has 7 heteroatoms. The van der Waals surface area contributed by atoms with Gasteiger partial charge in [0, 0.05) is 26.2 Å². The van der Waals surface area contributed by atoms with E-state index >= 15 is 0 Å². The summed E-state index contributed by atoms with van der Waals surface area (Å²) >= 11 is 1.45. The van der Waals surface area contributed by atoms with E-state index in [1.54, 1.807) is 4.31 Å². The first-order chi connectivity index (χ1) is 9.57. The molecule has 0 amide bonds. The SMILES string of the molecule is O=C(CN1CCN(S(=O)(=O)C2CC2)CC1)c1cccs1. The quantitative estimate of drug-likeness (QED) is 0.762. The topological polar surface area (TPSA) is 57.7 Å². The van der Waals surface area contributed by atoms with Crippen molar-refractivity contribution in [2.45, 2.75) is 18.1 Å². The molecular weight excluding hydrogens is 296 g/mol. The van der Waals surface area contributed by atoms with Crippen LogP contribution in [-0.4, -0.2) is 61.4 Å². The Hall–Kier alpha value is -0.760. The number of sulfonamides is 1. The average Bonchev–Trinajstić information content (AvgIpc) is 3.16. The highest BCUT2D eigenvalue weighted by Crippen LogP contribution is 2.31. The molecule has 1 aliphatic carbocycles. The Kier molecular flexibility index (Phi) is 3.94. The number of nitrogens with zero attached hydrogens (tertiary/aromatic N) is 2. The second-order valence-corrected chi connectivity index (χ2v) is 8.48. The fourth-order valence-corrected chi connectivity index (χ4v) is 4.92. The van der Waals surface area contributed by atoms with Gasteiger partial charge in [-0.15, -0.1) is 11.3 Å². The number of carbonyl (C=O) groups is 1. The number of hydrogen-bond donors (Lipinski definition) is 0. The summed E-state index contributed by atoms with van der Waals surface area (Å²) in [7, 11) is -3.06. The van der Waals surface area contributed by atoms with Gasteiger partial charge in [-0.1, -0.05) is 6.07 Å². The summed E-state index contributed by atoms with van der Waals surface area (Å²) in [5.41, 5.74) is 0. The van der Waals surface area contributed by atoms with Gasteiger partial charge in [-0.2, -0.15) is 4.31 Å². The van der Waals surface area contributed by atoms with Gasteiger partial charge in [0.15, 0.2) is 5.78 Å². The average molecular weight is 314 g/mol. The van der Waals surface area contributed by atoms with Crippen LogP contribution in [0.1, 0.15) is 22.5 Å². The lowest BCUT2D eigenvalue weighted by Crippen LogP contribution is -2.50. The molecule has 1 saturated carbocycles. The van der Waals surface area contributed by atoms with Crippen molar-refractivity contribution in [1.82, 2.24) is 9.21 Å². The van der Waals surface area contributed by atoms with Crippen LogP contribution < -0.4 is 0 Å². The Morgan fingerprint density at radius 1 is 1.25 bits per heavy atom. The lowest BCUT2D eigenvalue weighted by atomic mass is 10.2. The van der Waals surface area contributed by atoms with Gasteiger partial charge in [-0.3, -0.25) is 9.69 Å². The third-order valence-electron chi connectivity index (χ3n) is 3.80. The molecule has 1 aliphatic heterocycles. The number of piperazine rings is 1. The highest BCUT2D eigenvalue weighted by Gasteiger charge is 2.40. The molecule has 1 aromatic heterocycles. The summed E-state index contributed by atoms with van der Waals surface area (Å²) in [5.74, 6) is 0.124. The van der Waals surface area contributed by atoms with Crippen LogP contribution in [-0.2, 0) is 10.0 Å². The molecule has 0 N–H and O–H groups in total. The van der Waals surface area contributed by atoms with Crippen molar-refractivity contribution in [1.29, 1.82) is 0 Å². The maximum absolute atomic E-state index is 12.1. The van der Waals surface area contributed by atoms with E-state index in [-0.39, 0.29) is 11.0 Å².